The van der Waals surface area contributed by atoms with Gasteiger partial charge in [-0.25, -0.2) is 0 Å². The summed E-state index contributed by atoms with van der Waals surface area (Å²) in [6, 6.07) is 7.29. The maximum atomic E-state index is 10.9. The topological polar surface area (TPSA) is 61.5 Å². The molecule has 0 aliphatic carbocycles. The zero-order valence-corrected chi connectivity index (χ0v) is 10.5. The van der Waals surface area contributed by atoms with Crippen LogP contribution in [0.1, 0.15) is 18.4 Å². The van der Waals surface area contributed by atoms with Gasteiger partial charge >= 0.3 is 5.97 Å². The molecule has 1 rings (SSSR count). The van der Waals surface area contributed by atoms with Crippen molar-refractivity contribution in [1.29, 1.82) is 0 Å². The quantitative estimate of drug-likeness (QED) is 0.474. The van der Waals surface area contributed by atoms with Gasteiger partial charge in [0.05, 0.1) is 19.3 Å². The number of carbonyl (C=O) groups excluding carboxylic acids is 1. The van der Waals surface area contributed by atoms with Crippen LogP contribution in [0.3, 0.4) is 0 Å². The lowest BCUT2D eigenvalue weighted by atomic mass is 10.2. The smallest absolute Gasteiger partial charge is 0.305 e. The monoisotopic (exact) mass is 253 g/mol. The van der Waals surface area contributed by atoms with Gasteiger partial charge in [-0.3, -0.25) is 4.79 Å². The second-order valence-electron chi connectivity index (χ2n) is 3.39. The highest BCUT2D eigenvalue weighted by atomic mass is 32.1. The highest BCUT2D eigenvalue weighted by Crippen LogP contribution is 2.17. The molecule has 4 nitrogen and oxygen atoms in total. The predicted octanol–water partition coefficient (Wildman–Crippen LogP) is 1.65. The molecule has 0 unspecified atom stereocenters. The molecule has 0 radical (unpaired) electrons. The van der Waals surface area contributed by atoms with Gasteiger partial charge < -0.3 is 15.2 Å². The van der Waals surface area contributed by atoms with Gasteiger partial charge in [-0.2, -0.15) is 0 Å². The van der Waals surface area contributed by atoms with Gasteiger partial charge in [-0.05, 0) is 18.6 Å². The zero-order chi connectivity index (χ0) is 12.7. The molecular formula is C12H15NO3S. The first kappa shape index (κ1) is 13.4. The first-order valence-corrected chi connectivity index (χ1v) is 5.64. The highest BCUT2D eigenvalue weighted by Gasteiger charge is 2.05. The van der Waals surface area contributed by atoms with E-state index in [9.17, 15) is 4.79 Å². The van der Waals surface area contributed by atoms with Crippen LogP contribution in [-0.4, -0.2) is 24.7 Å². The van der Waals surface area contributed by atoms with E-state index in [0.29, 0.717) is 35.7 Å². The fraction of sp³-hybridized carbons (Fsp3) is 0.333. The normalized spacial score (nSPS) is 9.71. The van der Waals surface area contributed by atoms with Crippen LogP contribution >= 0.6 is 12.2 Å². The minimum atomic E-state index is -0.240. The number of hydrogen-bond donors (Lipinski definition) is 1. The maximum absolute atomic E-state index is 10.9. The molecule has 0 bridgehead atoms. The summed E-state index contributed by atoms with van der Waals surface area (Å²) >= 11 is 4.91. The summed E-state index contributed by atoms with van der Waals surface area (Å²) < 4.78 is 10.0. The number of para-hydroxylation sites is 1. The Balaban J connectivity index is 2.46. The number of carbonyl (C=O) groups is 1. The Bertz CT molecular complexity index is 406. The van der Waals surface area contributed by atoms with E-state index in [2.05, 4.69) is 4.74 Å². The third-order valence-electron chi connectivity index (χ3n) is 2.16. The minimum Gasteiger partial charge on any atom is -0.493 e. The van der Waals surface area contributed by atoms with Gasteiger partial charge in [0.2, 0.25) is 0 Å². The molecule has 2 N–H and O–H groups in total. The summed E-state index contributed by atoms with van der Waals surface area (Å²) in [5.74, 6) is 0.404. The van der Waals surface area contributed by atoms with Gasteiger partial charge in [-0.1, -0.05) is 24.4 Å². The van der Waals surface area contributed by atoms with Gasteiger partial charge in [0.1, 0.15) is 10.7 Å². The van der Waals surface area contributed by atoms with Crippen LogP contribution in [0.2, 0.25) is 0 Å². The molecule has 17 heavy (non-hydrogen) atoms. The van der Waals surface area contributed by atoms with Crippen LogP contribution in [0.25, 0.3) is 0 Å². The molecule has 1 aromatic rings. The summed E-state index contributed by atoms with van der Waals surface area (Å²) in [5, 5.41) is 0. The lowest BCUT2D eigenvalue weighted by Crippen LogP contribution is -2.12. The molecule has 0 aliphatic heterocycles. The average Bonchev–Trinajstić information content (AvgIpc) is 2.34. The van der Waals surface area contributed by atoms with E-state index >= 15 is 0 Å². The maximum Gasteiger partial charge on any atom is 0.305 e. The molecule has 0 heterocycles. The van der Waals surface area contributed by atoms with Gasteiger partial charge in [0.25, 0.3) is 0 Å². The van der Waals surface area contributed by atoms with Crippen LogP contribution in [0.5, 0.6) is 5.75 Å². The zero-order valence-electron chi connectivity index (χ0n) is 9.64. The molecule has 92 valence electrons. The molecular weight excluding hydrogens is 238 g/mol. The molecule has 0 fully saturated rings. The third kappa shape index (κ3) is 4.40. The van der Waals surface area contributed by atoms with Crippen LogP contribution in [0.4, 0.5) is 0 Å². The van der Waals surface area contributed by atoms with Crippen LogP contribution in [0, 0.1) is 0 Å². The van der Waals surface area contributed by atoms with E-state index in [1.165, 1.54) is 7.11 Å². The average molecular weight is 253 g/mol. The van der Waals surface area contributed by atoms with Crippen molar-refractivity contribution in [2.75, 3.05) is 13.7 Å². The largest absolute Gasteiger partial charge is 0.493 e. The molecule has 0 aromatic heterocycles. The molecule has 0 saturated carbocycles. The Kier molecular flexibility index (Phi) is 5.42. The lowest BCUT2D eigenvalue weighted by Gasteiger charge is -2.09. The minimum absolute atomic E-state index is 0.240. The van der Waals surface area contributed by atoms with Crippen molar-refractivity contribution in [3.05, 3.63) is 29.8 Å². The summed E-state index contributed by atoms with van der Waals surface area (Å²) in [4.78, 5) is 11.2. The van der Waals surface area contributed by atoms with E-state index in [1.807, 2.05) is 12.1 Å². The fourth-order valence-electron chi connectivity index (χ4n) is 1.30. The van der Waals surface area contributed by atoms with Crippen molar-refractivity contribution in [3.8, 4) is 5.75 Å². The predicted molar refractivity (Wildman–Crippen MR) is 69.1 cm³/mol. The molecule has 0 aliphatic rings. The molecule has 0 saturated heterocycles. The van der Waals surface area contributed by atoms with E-state index < -0.39 is 0 Å². The number of ether oxygens (including phenoxy) is 2. The van der Waals surface area contributed by atoms with Gasteiger partial charge in [-0.15, -0.1) is 0 Å². The van der Waals surface area contributed by atoms with Crippen molar-refractivity contribution in [1.82, 2.24) is 0 Å². The second-order valence-corrected chi connectivity index (χ2v) is 3.83. The number of hydrogen-bond acceptors (Lipinski definition) is 4. The van der Waals surface area contributed by atoms with Crippen LogP contribution in [0.15, 0.2) is 24.3 Å². The Morgan fingerprint density at radius 2 is 2.12 bits per heavy atom. The summed E-state index contributed by atoms with van der Waals surface area (Å²) in [6.45, 7) is 0.425. The SMILES string of the molecule is COC(=O)CCCOc1ccccc1C(N)=S. The van der Waals surface area contributed by atoms with Gasteiger partial charge in [0, 0.05) is 6.42 Å². The summed E-state index contributed by atoms with van der Waals surface area (Å²) in [6.07, 6.45) is 0.935. The van der Waals surface area contributed by atoms with E-state index in [0.717, 1.165) is 0 Å². The van der Waals surface area contributed by atoms with Crippen LogP contribution in [-0.2, 0) is 9.53 Å². The number of methoxy groups -OCH3 is 1. The Hall–Kier alpha value is -1.62. The standard InChI is InChI=1S/C12H15NO3S/c1-15-11(14)7-4-8-16-10-6-3-2-5-9(10)12(13)17/h2-3,5-6H,4,7-8H2,1H3,(H2,13,17). The Morgan fingerprint density at radius 3 is 2.76 bits per heavy atom. The summed E-state index contributed by atoms with van der Waals surface area (Å²) in [7, 11) is 1.37. The van der Waals surface area contributed by atoms with Crippen molar-refractivity contribution in [2.24, 2.45) is 5.73 Å². The Labute approximate surface area is 106 Å². The first-order valence-electron chi connectivity index (χ1n) is 5.23. The van der Waals surface area contributed by atoms with E-state index in [1.54, 1.807) is 12.1 Å². The lowest BCUT2D eigenvalue weighted by molar-refractivity contribution is -0.140. The molecule has 0 amide bonds. The van der Waals surface area contributed by atoms with E-state index in [-0.39, 0.29) is 5.97 Å². The number of nitrogens with two attached hydrogens (primary N) is 1. The summed E-state index contributed by atoms with van der Waals surface area (Å²) in [5.41, 5.74) is 6.27. The van der Waals surface area contributed by atoms with Crippen molar-refractivity contribution in [2.45, 2.75) is 12.8 Å². The fourth-order valence-corrected chi connectivity index (χ4v) is 1.47. The molecule has 0 spiro atoms. The molecule has 0 atom stereocenters. The Morgan fingerprint density at radius 1 is 1.41 bits per heavy atom. The third-order valence-corrected chi connectivity index (χ3v) is 2.38. The van der Waals surface area contributed by atoms with Crippen molar-refractivity contribution >= 4 is 23.2 Å². The van der Waals surface area contributed by atoms with Crippen LogP contribution < -0.4 is 10.5 Å². The number of benzene rings is 1. The highest BCUT2D eigenvalue weighted by molar-refractivity contribution is 7.80. The van der Waals surface area contributed by atoms with Gasteiger partial charge in [0.15, 0.2) is 0 Å². The van der Waals surface area contributed by atoms with Crippen molar-refractivity contribution < 1.29 is 14.3 Å². The van der Waals surface area contributed by atoms with E-state index in [4.69, 9.17) is 22.7 Å². The second kappa shape index (κ2) is 6.85. The molecule has 5 heteroatoms. The number of rotatable bonds is 6. The number of esters is 1. The van der Waals surface area contributed by atoms with Crippen molar-refractivity contribution in [3.63, 3.8) is 0 Å². The first-order chi connectivity index (χ1) is 8.15. The molecule has 1 aromatic carbocycles. The number of thiocarbonyl (C=S) groups is 1.